The van der Waals surface area contributed by atoms with Crippen LogP contribution in [0.1, 0.15) is 23.4 Å². The van der Waals surface area contributed by atoms with Gasteiger partial charge < -0.3 is 5.32 Å². The smallest absolute Gasteiger partial charge is 0.326 e. The molecule has 2 rings (SSSR count). The van der Waals surface area contributed by atoms with Gasteiger partial charge >= 0.3 is 6.18 Å². The highest BCUT2D eigenvalue weighted by molar-refractivity contribution is 6.31. The van der Waals surface area contributed by atoms with Crippen LogP contribution in [-0.4, -0.2) is 25.5 Å². The number of anilines is 1. The highest BCUT2D eigenvalue weighted by Crippen LogP contribution is 2.35. The molecule has 0 saturated carbocycles. The summed E-state index contributed by atoms with van der Waals surface area (Å²) in [7, 11) is 0. The summed E-state index contributed by atoms with van der Waals surface area (Å²) in [5.41, 5.74) is -2.75. The van der Waals surface area contributed by atoms with E-state index >= 15 is 0 Å². The van der Waals surface area contributed by atoms with Gasteiger partial charge in [-0.3, -0.25) is 29.7 Å². The van der Waals surface area contributed by atoms with Gasteiger partial charge in [0, 0.05) is 18.6 Å². The van der Waals surface area contributed by atoms with E-state index in [1.165, 1.54) is 13.8 Å². The van der Waals surface area contributed by atoms with Gasteiger partial charge in [0.05, 0.1) is 32.8 Å². The maximum atomic E-state index is 12.8. The summed E-state index contributed by atoms with van der Waals surface area (Å²) < 4.78 is 39.4. The van der Waals surface area contributed by atoms with Gasteiger partial charge in [0.1, 0.15) is 5.56 Å². The number of nitrogens with one attached hydrogen (secondary N) is 1. The van der Waals surface area contributed by atoms with Crippen molar-refractivity contribution >= 4 is 34.6 Å². The van der Waals surface area contributed by atoms with Crippen molar-refractivity contribution in [3.05, 3.63) is 54.3 Å². The monoisotopic (exact) mass is 435 g/mol. The summed E-state index contributed by atoms with van der Waals surface area (Å²) in [4.78, 5) is 32.5. The minimum Gasteiger partial charge on any atom is -0.326 e. The fourth-order valence-electron chi connectivity index (χ4n) is 2.49. The number of nitro benzene ring substituents is 2. The van der Waals surface area contributed by atoms with E-state index in [-0.39, 0.29) is 29.9 Å². The van der Waals surface area contributed by atoms with Crippen LogP contribution in [-0.2, 0) is 17.5 Å². The fraction of sp³-hybridized carbons (Fsp3) is 0.333. The van der Waals surface area contributed by atoms with Gasteiger partial charge in [-0.15, -0.1) is 0 Å². The van der Waals surface area contributed by atoms with Gasteiger partial charge in [-0.2, -0.15) is 18.3 Å². The second-order valence-electron chi connectivity index (χ2n) is 5.92. The zero-order valence-electron chi connectivity index (χ0n) is 14.9. The number of hydrogen-bond acceptors (Lipinski definition) is 6. The first kappa shape index (κ1) is 22.1. The van der Waals surface area contributed by atoms with Crippen LogP contribution >= 0.6 is 11.6 Å². The summed E-state index contributed by atoms with van der Waals surface area (Å²) in [6, 6.07) is 1.91. The summed E-state index contributed by atoms with van der Waals surface area (Å²) in [6.07, 6.45) is -5.11. The number of alkyl halides is 3. The normalized spacial score (nSPS) is 11.4. The Balaban J connectivity index is 2.18. The van der Waals surface area contributed by atoms with Crippen molar-refractivity contribution in [2.75, 3.05) is 5.32 Å². The Hall–Kier alpha value is -3.22. The molecule has 0 atom stereocenters. The molecular formula is C15H13ClF3N5O5. The lowest BCUT2D eigenvalue weighted by Crippen LogP contribution is -2.16. The number of aromatic nitrogens is 2. The molecule has 156 valence electrons. The first-order valence-corrected chi connectivity index (χ1v) is 8.24. The Kier molecular flexibility index (Phi) is 6.11. The standard InChI is InChI=1S/C15H13ClF3N5O5/c1-7-10(23(26)27)5-9(6-11(7)24(28)29)20-12(25)3-4-22-8(2)13(16)14(21-22)15(17,18)19/h5-6H,3-4H2,1-2H3,(H,20,25). The number of rotatable bonds is 6. The Morgan fingerprint density at radius 2 is 1.72 bits per heavy atom. The average molecular weight is 436 g/mol. The van der Waals surface area contributed by atoms with Crippen molar-refractivity contribution in [3.63, 3.8) is 0 Å². The number of benzene rings is 1. The number of halogens is 4. The quantitative estimate of drug-likeness (QED) is 0.538. The number of carbonyl (C=O) groups is 1. The molecular weight excluding hydrogens is 423 g/mol. The third kappa shape index (κ3) is 4.80. The van der Waals surface area contributed by atoms with Crippen LogP contribution in [0, 0.1) is 34.1 Å². The van der Waals surface area contributed by atoms with Gasteiger partial charge in [-0.1, -0.05) is 11.6 Å². The zero-order valence-corrected chi connectivity index (χ0v) is 15.7. The Morgan fingerprint density at radius 1 is 1.21 bits per heavy atom. The van der Waals surface area contributed by atoms with Crippen molar-refractivity contribution in [1.29, 1.82) is 0 Å². The number of aryl methyl sites for hydroxylation is 1. The van der Waals surface area contributed by atoms with Crippen molar-refractivity contribution in [2.24, 2.45) is 0 Å². The van der Waals surface area contributed by atoms with E-state index < -0.39 is 44.0 Å². The maximum absolute atomic E-state index is 12.8. The SMILES string of the molecule is Cc1c([N+](=O)[O-])cc(NC(=O)CCn2nc(C(F)(F)F)c(Cl)c2C)cc1[N+](=O)[O-]. The molecule has 0 aliphatic rings. The third-order valence-electron chi connectivity index (χ3n) is 3.98. The number of hydrogen-bond donors (Lipinski definition) is 1. The summed E-state index contributed by atoms with van der Waals surface area (Å²) in [6.45, 7) is 2.24. The van der Waals surface area contributed by atoms with E-state index in [1.54, 1.807) is 0 Å². The minimum absolute atomic E-state index is 0.00778. The molecule has 1 N–H and O–H groups in total. The van der Waals surface area contributed by atoms with Gasteiger partial charge in [0.2, 0.25) is 5.91 Å². The van der Waals surface area contributed by atoms with E-state index in [0.717, 1.165) is 16.8 Å². The zero-order chi connectivity index (χ0) is 22.1. The minimum atomic E-state index is -4.75. The number of nitro groups is 2. The molecule has 0 radical (unpaired) electrons. The van der Waals surface area contributed by atoms with Crippen molar-refractivity contribution in [1.82, 2.24) is 9.78 Å². The summed E-state index contributed by atoms with van der Waals surface area (Å²) in [5.74, 6) is -0.739. The second kappa shape index (κ2) is 8.03. The van der Waals surface area contributed by atoms with E-state index in [0.29, 0.717) is 0 Å². The molecule has 10 nitrogen and oxygen atoms in total. The maximum Gasteiger partial charge on any atom is 0.436 e. The summed E-state index contributed by atoms with van der Waals surface area (Å²) >= 11 is 5.62. The molecule has 2 aromatic rings. The first-order chi connectivity index (χ1) is 13.3. The Bertz CT molecular complexity index is 970. The lowest BCUT2D eigenvalue weighted by atomic mass is 10.1. The molecule has 0 fully saturated rings. The number of carbonyl (C=O) groups excluding carboxylic acids is 1. The molecule has 0 saturated heterocycles. The van der Waals surface area contributed by atoms with Gasteiger partial charge in [0.25, 0.3) is 11.4 Å². The highest BCUT2D eigenvalue weighted by Gasteiger charge is 2.38. The van der Waals surface area contributed by atoms with E-state index in [9.17, 15) is 38.2 Å². The molecule has 0 unspecified atom stereocenters. The largest absolute Gasteiger partial charge is 0.436 e. The topological polar surface area (TPSA) is 133 Å². The predicted octanol–water partition coefficient (Wildman–Crippen LogP) is 4.02. The van der Waals surface area contributed by atoms with Crippen molar-refractivity contribution in [2.45, 2.75) is 33.0 Å². The fourth-order valence-corrected chi connectivity index (χ4v) is 2.73. The molecule has 1 aromatic carbocycles. The van der Waals surface area contributed by atoms with Gasteiger partial charge in [0.15, 0.2) is 5.69 Å². The Morgan fingerprint density at radius 3 is 2.14 bits per heavy atom. The molecule has 0 aliphatic heterocycles. The average Bonchev–Trinajstić information content (AvgIpc) is 2.89. The van der Waals surface area contributed by atoms with Crippen LogP contribution in [0.15, 0.2) is 12.1 Å². The van der Waals surface area contributed by atoms with Gasteiger partial charge in [-0.25, -0.2) is 0 Å². The first-order valence-electron chi connectivity index (χ1n) is 7.86. The summed E-state index contributed by atoms with van der Waals surface area (Å²) in [5, 5.41) is 27.1. The molecule has 14 heteroatoms. The number of nitrogens with zero attached hydrogens (tertiary/aromatic N) is 4. The molecule has 0 spiro atoms. The van der Waals surface area contributed by atoms with E-state index in [2.05, 4.69) is 10.4 Å². The molecule has 1 aromatic heterocycles. The Labute approximate surface area is 165 Å². The van der Waals surface area contributed by atoms with Crippen molar-refractivity contribution < 1.29 is 27.8 Å². The van der Waals surface area contributed by atoms with Crippen LogP contribution in [0.3, 0.4) is 0 Å². The molecule has 1 amide bonds. The second-order valence-corrected chi connectivity index (χ2v) is 6.30. The highest BCUT2D eigenvalue weighted by atomic mass is 35.5. The molecule has 29 heavy (non-hydrogen) atoms. The van der Waals surface area contributed by atoms with Crippen LogP contribution in [0.4, 0.5) is 30.2 Å². The lowest BCUT2D eigenvalue weighted by molar-refractivity contribution is -0.395. The van der Waals surface area contributed by atoms with Crippen molar-refractivity contribution in [3.8, 4) is 0 Å². The molecule has 0 aliphatic carbocycles. The van der Waals surface area contributed by atoms with Crippen LogP contribution in [0.25, 0.3) is 0 Å². The van der Waals surface area contributed by atoms with Gasteiger partial charge in [-0.05, 0) is 13.8 Å². The predicted molar refractivity (Wildman–Crippen MR) is 94.7 cm³/mol. The van der Waals surface area contributed by atoms with E-state index in [4.69, 9.17) is 11.6 Å². The number of amides is 1. The van der Waals surface area contributed by atoms with Crippen LogP contribution in [0.2, 0.25) is 5.02 Å². The molecule has 1 heterocycles. The lowest BCUT2D eigenvalue weighted by Gasteiger charge is -2.08. The van der Waals surface area contributed by atoms with Crippen LogP contribution < -0.4 is 5.32 Å². The van der Waals surface area contributed by atoms with Crippen LogP contribution in [0.5, 0.6) is 0 Å². The van der Waals surface area contributed by atoms with E-state index in [1.807, 2.05) is 0 Å². The third-order valence-corrected chi connectivity index (χ3v) is 4.44. The molecule has 0 bridgehead atoms.